The van der Waals surface area contributed by atoms with E-state index in [2.05, 4.69) is 0 Å². The molecule has 2 aromatic carbocycles. The van der Waals surface area contributed by atoms with Crippen molar-refractivity contribution in [3.05, 3.63) is 65.2 Å². The third-order valence-corrected chi connectivity index (χ3v) is 2.68. The predicted molar refractivity (Wildman–Crippen MR) is 67.3 cm³/mol. The normalized spacial score (nSPS) is 9.72. The molecule has 0 atom stereocenters. The van der Waals surface area contributed by atoms with E-state index < -0.39 is 0 Å². The lowest BCUT2D eigenvalue weighted by Gasteiger charge is -2.03. The van der Waals surface area contributed by atoms with Crippen LogP contribution in [0.3, 0.4) is 0 Å². The molecule has 0 aromatic heterocycles. The lowest BCUT2D eigenvalue weighted by molar-refractivity contribution is 0.0992. The average Bonchev–Trinajstić information content (AvgIpc) is 2.41. The molecule has 88 valence electrons. The zero-order valence-electron chi connectivity index (χ0n) is 9.63. The number of hydrogen-bond donors (Lipinski definition) is 1. The Morgan fingerprint density at radius 1 is 1.11 bits per heavy atom. The monoisotopic (exact) mass is 237 g/mol. The number of aromatic hydroxyl groups is 1. The van der Waals surface area contributed by atoms with Gasteiger partial charge in [0.15, 0.2) is 5.78 Å². The molecule has 0 radical (unpaired) electrons. The molecule has 3 nitrogen and oxygen atoms in total. The van der Waals surface area contributed by atoms with Crippen molar-refractivity contribution in [2.24, 2.45) is 0 Å². The predicted octanol–water partition coefficient (Wildman–Crippen LogP) is 2.69. The Bertz CT molecular complexity index is 609. The zero-order chi connectivity index (χ0) is 13.0. The molecule has 2 rings (SSSR count). The van der Waals surface area contributed by atoms with Crippen LogP contribution in [0, 0.1) is 11.3 Å². The molecule has 18 heavy (non-hydrogen) atoms. The summed E-state index contributed by atoms with van der Waals surface area (Å²) >= 11 is 0. The molecule has 0 amide bonds. The fourth-order valence-corrected chi connectivity index (χ4v) is 1.67. The van der Waals surface area contributed by atoms with E-state index in [9.17, 15) is 9.90 Å². The van der Waals surface area contributed by atoms with Crippen molar-refractivity contribution in [2.75, 3.05) is 0 Å². The molecule has 2 aromatic rings. The first-order valence-electron chi connectivity index (χ1n) is 5.51. The molecule has 1 N–H and O–H groups in total. The molecule has 0 fully saturated rings. The maximum atomic E-state index is 12.0. The zero-order valence-corrected chi connectivity index (χ0v) is 9.63. The molecule has 0 spiro atoms. The number of hydrogen-bond acceptors (Lipinski definition) is 3. The van der Waals surface area contributed by atoms with Gasteiger partial charge in [0, 0.05) is 17.5 Å². The average molecular weight is 237 g/mol. The summed E-state index contributed by atoms with van der Waals surface area (Å²) in [6.45, 7) is 0. The van der Waals surface area contributed by atoms with Crippen LogP contribution in [0.2, 0.25) is 0 Å². The molecular weight excluding hydrogens is 226 g/mol. The standard InChI is InChI=1S/C15H11NO2/c16-10-11-5-7-12(8-6-11)15(18)9-13-3-1-2-4-14(13)17/h1-8,17H,9H2. The summed E-state index contributed by atoms with van der Waals surface area (Å²) < 4.78 is 0. The van der Waals surface area contributed by atoms with Crippen LogP contribution in [-0.2, 0) is 6.42 Å². The summed E-state index contributed by atoms with van der Waals surface area (Å²) in [6, 6.07) is 15.2. The SMILES string of the molecule is N#Cc1ccc(C(=O)Cc2ccccc2O)cc1. The van der Waals surface area contributed by atoms with E-state index in [0.717, 1.165) is 0 Å². The molecule has 0 heterocycles. The maximum absolute atomic E-state index is 12.0. The number of rotatable bonds is 3. The minimum Gasteiger partial charge on any atom is -0.508 e. The molecule has 0 aliphatic carbocycles. The Morgan fingerprint density at radius 3 is 2.39 bits per heavy atom. The van der Waals surface area contributed by atoms with Crippen molar-refractivity contribution < 1.29 is 9.90 Å². The Labute approximate surface area is 105 Å². The Morgan fingerprint density at radius 2 is 1.78 bits per heavy atom. The van der Waals surface area contributed by atoms with Crippen LogP contribution in [0.25, 0.3) is 0 Å². The molecule has 0 aliphatic rings. The summed E-state index contributed by atoms with van der Waals surface area (Å²) in [4.78, 5) is 12.0. The van der Waals surface area contributed by atoms with Crippen LogP contribution in [0.15, 0.2) is 48.5 Å². The van der Waals surface area contributed by atoms with Gasteiger partial charge >= 0.3 is 0 Å². The van der Waals surface area contributed by atoms with Crippen LogP contribution >= 0.6 is 0 Å². The highest BCUT2D eigenvalue weighted by atomic mass is 16.3. The lowest BCUT2D eigenvalue weighted by atomic mass is 10.0. The largest absolute Gasteiger partial charge is 0.508 e. The van der Waals surface area contributed by atoms with Gasteiger partial charge in [-0.3, -0.25) is 4.79 Å². The number of Topliss-reactive ketones (excluding diaryl/α,β-unsaturated/α-hetero) is 1. The second-order valence-electron chi connectivity index (χ2n) is 3.92. The van der Waals surface area contributed by atoms with Crippen molar-refractivity contribution in [2.45, 2.75) is 6.42 Å². The number of carbonyl (C=O) groups excluding carboxylic acids is 1. The number of phenols is 1. The Kier molecular flexibility index (Phi) is 3.40. The van der Waals surface area contributed by atoms with Crippen molar-refractivity contribution >= 4 is 5.78 Å². The first-order chi connectivity index (χ1) is 8.70. The number of para-hydroxylation sites is 1. The first-order valence-corrected chi connectivity index (χ1v) is 5.51. The second kappa shape index (κ2) is 5.15. The van der Waals surface area contributed by atoms with Crippen LogP contribution in [0.4, 0.5) is 0 Å². The van der Waals surface area contributed by atoms with Gasteiger partial charge in [-0.15, -0.1) is 0 Å². The fourth-order valence-electron chi connectivity index (χ4n) is 1.67. The van der Waals surface area contributed by atoms with Gasteiger partial charge in [0.1, 0.15) is 5.75 Å². The summed E-state index contributed by atoms with van der Waals surface area (Å²) in [5.41, 5.74) is 1.67. The van der Waals surface area contributed by atoms with Gasteiger partial charge in [-0.2, -0.15) is 5.26 Å². The first kappa shape index (κ1) is 11.9. The lowest BCUT2D eigenvalue weighted by Crippen LogP contribution is -2.03. The van der Waals surface area contributed by atoms with E-state index in [1.807, 2.05) is 6.07 Å². The van der Waals surface area contributed by atoms with E-state index in [1.54, 1.807) is 48.5 Å². The summed E-state index contributed by atoms with van der Waals surface area (Å²) in [5.74, 6) is 0.0421. The number of ketones is 1. The third-order valence-electron chi connectivity index (χ3n) is 2.68. The van der Waals surface area contributed by atoms with Crippen LogP contribution < -0.4 is 0 Å². The fraction of sp³-hybridized carbons (Fsp3) is 0.0667. The molecule has 0 saturated heterocycles. The minimum atomic E-state index is -0.0824. The number of nitriles is 1. The van der Waals surface area contributed by atoms with Gasteiger partial charge in [0.05, 0.1) is 11.6 Å². The summed E-state index contributed by atoms with van der Waals surface area (Å²) in [7, 11) is 0. The topological polar surface area (TPSA) is 61.1 Å². The van der Waals surface area contributed by atoms with Crippen molar-refractivity contribution in [1.82, 2.24) is 0 Å². The number of carbonyl (C=O) groups is 1. The van der Waals surface area contributed by atoms with Gasteiger partial charge < -0.3 is 5.11 Å². The smallest absolute Gasteiger partial charge is 0.167 e. The summed E-state index contributed by atoms with van der Waals surface area (Å²) in [5, 5.41) is 18.3. The molecule has 0 bridgehead atoms. The van der Waals surface area contributed by atoms with E-state index in [0.29, 0.717) is 16.7 Å². The minimum absolute atomic E-state index is 0.0824. The van der Waals surface area contributed by atoms with Gasteiger partial charge in [-0.25, -0.2) is 0 Å². The Hall–Kier alpha value is -2.60. The highest BCUT2D eigenvalue weighted by Crippen LogP contribution is 2.18. The van der Waals surface area contributed by atoms with E-state index >= 15 is 0 Å². The third kappa shape index (κ3) is 2.55. The molecule has 0 saturated carbocycles. The van der Waals surface area contributed by atoms with Crippen molar-refractivity contribution in [3.63, 3.8) is 0 Å². The Balaban J connectivity index is 2.17. The van der Waals surface area contributed by atoms with E-state index in [1.165, 1.54) is 0 Å². The van der Waals surface area contributed by atoms with Crippen molar-refractivity contribution in [1.29, 1.82) is 5.26 Å². The highest BCUT2D eigenvalue weighted by molar-refractivity contribution is 5.97. The summed E-state index contributed by atoms with van der Waals surface area (Å²) in [6.07, 6.45) is 0.151. The van der Waals surface area contributed by atoms with Crippen LogP contribution in [-0.4, -0.2) is 10.9 Å². The van der Waals surface area contributed by atoms with Gasteiger partial charge in [0.2, 0.25) is 0 Å². The van der Waals surface area contributed by atoms with E-state index in [-0.39, 0.29) is 18.0 Å². The van der Waals surface area contributed by atoms with Gasteiger partial charge in [-0.05, 0) is 18.2 Å². The number of nitrogens with zero attached hydrogens (tertiary/aromatic N) is 1. The molecular formula is C15H11NO2. The molecule has 0 aliphatic heterocycles. The number of benzene rings is 2. The van der Waals surface area contributed by atoms with Crippen LogP contribution in [0.5, 0.6) is 5.75 Å². The van der Waals surface area contributed by atoms with Crippen molar-refractivity contribution in [3.8, 4) is 11.8 Å². The molecule has 3 heteroatoms. The van der Waals surface area contributed by atoms with Crippen LogP contribution in [0.1, 0.15) is 21.5 Å². The van der Waals surface area contributed by atoms with E-state index in [4.69, 9.17) is 5.26 Å². The second-order valence-corrected chi connectivity index (χ2v) is 3.92. The maximum Gasteiger partial charge on any atom is 0.167 e. The van der Waals surface area contributed by atoms with Gasteiger partial charge in [-0.1, -0.05) is 30.3 Å². The molecule has 0 unspecified atom stereocenters. The number of phenolic OH excluding ortho intramolecular Hbond substituents is 1. The van der Waals surface area contributed by atoms with Gasteiger partial charge in [0.25, 0.3) is 0 Å². The quantitative estimate of drug-likeness (QED) is 0.835. The highest BCUT2D eigenvalue weighted by Gasteiger charge is 2.09.